The van der Waals surface area contributed by atoms with Crippen LogP contribution in [-0.2, 0) is 20.7 Å². The Labute approximate surface area is 165 Å². The molecule has 1 N–H and O–H groups in total. The zero-order valence-electron chi connectivity index (χ0n) is 16.9. The molecule has 0 saturated heterocycles. The number of ether oxygens (including phenoxy) is 3. The van der Waals surface area contributed by atoms with Crippen molar-refractivity contribution in [3.63, 3.8) is 0 Å². The van der Waals surface area contributed by atoms with Crippen LogP contribution in [0.2, 0.25) is 0 Å². The Bertz CT molecular complexity index is 791. The first-order valence-corrected chi connectivity index (χ1v) is 9.07. The van der Waals surface area contributed by atoms with Crippen molar-refractivity contribution in [3.8, 4) is 11.5 Å². The lowest BCUT2D eigenvalue weighted by Gasteiger charge is -2.22. The van der Waals surface area contributed by atoms with Gasteiger partial charge in [-0.25, -0.2) is 9.59 Å². The fourth-order valence-electron chi connectivity index (χ4n) is 2.46. The number of hydrogen-bond donors (Lipinski definition) is 1. The van der Waals surface area contributed by atoms with Crippen molar-refractivity contribution in [2.45, 2.75) is 45.8 Å². The Morgan fingerprint density at radius 2 is 1.50 bits per heavy atom. The largest absolute Gasteiger partial charge is 0.467 e. The first-order chi connectivity index (χ1) is 13.2. The Morgan fingerprint density at radius 1 is 0.964 bits per heavy atom. The van der Waals surface area contributed by atoms with Crippen molar-refractivity contribution >= 4 is 12.1 Å². The Kier molecular flexibility index (Phi) is 7.04. The Balaban J connectivity index is 2.02. The van der Waals surface area contributed by atoms with E-state index in [4.69, 9.17) is 14.2 Å². The van der Waals surface area contributed by atoms with Crippen molar-refractivity contribution in [1.29, 1.82) is 0 Å². The van der Waals surface area contributed by atoms with Gasteiger partial charge in [-0.3, -0.25) is 0 Å². The summed E-state index contributed by atoms with van der Waals surface area (Å²) in [5.74, 6) is 0.894. The molecule has 0 aliphatic heterocycles. The quantitative estimate of drug-likeness (QED) is 0.746. The Morgan fingerprint density at radius 3 is 2.00 bits per heavy atom. The van der Waals surface area contributed by atoms with Crippen molar-refractivity contribution in [2.24, 2.45) is 0 Å². The maximum atomic E-state index is 12.0. The highest BCUT2D eigenvalue weighted by Crippen LogP contribution is 2.22. The van der Waals surface area contributed by atoms with Crippen LogP contribution < -0.4 is 10.1 Å². The van der Waals surface area contributed by atoms with Crippen molar-refractivity contribution in [3.05, 3.63) is 59.7 Å². The van der Waals surface area contributed by atoms with Gasteiger partial charge in [-0.15, -0.1) is 0 Å². The molecule has 28 heavy (non-hydrogen) atoms. The molecular formula is C22H27NO5. The molecule has 6 nitrogen and oxygen atoms in total. The van der Waals surface area contributed by atoms with Crippen LogP contribution in [0, 0.1) is 6.92 Å². The summed E-state index contributed by atoms with van der Waals surface area (Å²) in [6.45, 7) is 7.28. The van der Waals surface area contributed by atoms with E-state index in [2.05, 4.69) is 5.32 Å². The average molecular weight is 385 g/mol. The summed E-state index contributed by atoms with van der Waals surface area (Å²) >= 11 is 0. The van der Waals surface area contributed by atoms with E-state index in [9.17, 15) is 9.59 Å². The van der Waals surface area contributed by atoms with Gasteiger partial charge in [0, 0.05) is 6.42 Å². The van der Waals surface area contributed by atoms with Crippen molar-refractivity contribution in [1.82, 2.24) is 5.32 Å². The first-order valence-electron chi connectivity index (χ1n) is 9.07. The van der Waals surface area contributed by atoms with E-state index in [1.165, 1.54) is 7.11 Å². The minimum Gasteiger partial charge on any atom is -0.467 e. The number of alkyl carbamates (subject to hydrolysis) is 1. The van der Waals surface area contributed by atoms with Gasteiger partial charge in [0.2, 0.25) is 0 Å². The summed E-state index contributed by atoms with van der Waals surface area (Å²) in [6, 6.07) is 14.2. The third kappa shape index (κ3) is 6.95. The summed E-state index contributed by atoms with van der Waals surface area (Å²) in [5.41, 5.74) is 1.36. The highest BCUT2D eigenvalue weighted by molar-refractivity contribution is 5.81. The van der Waals surface area contributed by atoms with E-state index in [-0.39, 0.29) is 6.42 Å². The van der Waals surface area contributed by atoms with Crippen LogP contribution in [-0.4, -0.2) is 30.8 Å². The molecule has 150 valence electrons. The number of carbonyl (C=O) groups is 2. The third-order valence-corrected chi connectivity index (χ3v) is 3.80. The van der Waals surface area contributed by atoms with Crippen LogP contribution in [0.5, 0.6) is 11.5 Å². The van der Waals surface area contributed by atoms with E-state index in [1.807, 2.05) is 55.5 Å². The van der Waals surface area contributed by atoms with Crippen LogP contribution in [0.3, 0.4) is 0 Å². The number of aryl methyl sites for hydroxylation is 1. The molecule has 0 fully saturated rings. The SMILES string of the molecule is COC(=O)C(Cc1ccc(Oc2ccc(C)cc2)cc1)NC(=O)OC(C)(C)C. The highest BCUT2D eigenvalue weighted by Gasteiger charge is 2.25. The molecule has 0 radical (unpaired) electrons. The van der Waals surface area contributed by atoms with Gasteiger partial charge < -0.3 is 19.5 Å². The second-order valence-electron chi connectivity index (χ2n) is 7.49. The molecule has 1 amide bonds. The fourth-order valence-corrected chi connectivity index (χ4v) is 2.46. The molecule has 2 aromatic rings. The number of amides is 1. The van der Waals surface area contributed by atoms with Crippen LogP contribution in [0.4, 0.5) is 4.79 Å². The molecule has 0 aromatic heterocycles. The van der Waals surface area contributed by atoms with E-state index in [1.54, 1.807) is 20.8 Å². The molecule has 0 heterocycles. The maximum absolute atomic E-state index is 12.0. The summed E-state index contributed by atoms with van der Waals surface area (Å²) < 4.78 is 15.8. The maximum Gasteiger partial charge on any atom is 0.408 e. The standard InChI is InChI=1S/C22H27NO5/c1-15-6-10-17(11-7-15)27-18-12-8-16(9-13-18)14-19(20(24)26-5)23-21(25)28-22(2,3)4/h6-13,19H,14H2,1-5H3,(H,23,25). The molecule has 0 aliphatic rings. The summed E-state index contributed by atoms with van der Waals surface area (Å²) in [7, 11) is 1.28. The van der Waals surface area contributed by atoms with Gasteiger partial charge in [0.1, 0.15) is 23.1 Å². The number of methoxy groups -OCH3 is 1. The minimum atomic E-state index is -0.844. The predicted molar refractivity (Wildman–Crippen MR) is 107 cm³/mol. The molecule has 1 atom stereocenters. The van der Waals surface area contributed by atoms with Gasteiger partial charge in [-0.2, -0.15) is 0 Å². The number of esters is 1. The minimum absolute atomic E-state index is 0.275. The van der Waals surface area contributed by atoms with Crippen molar-refractivity contribution < 1.29 is 23.8 Å². The lowest BCUT2D eigenvalue weighted by Crippen LogP contribution is -2.45. The van der Waals surface area contributed by atoms with Crippen LogP contribution in [0.25, 0.3) is 0 Å². The molecule has 0 saturated carbocycles. The number of nitrogens with one attached hydrogen (secondary N) is 1. The lowest BCUT2D eigenvalue weighted by atomic mass is 10.1. The lowest BCUT2D eigenvalue weighted by molar-refractivity contribution is -0.143. The molecule has 6 heteroatoms. The van der Waals surface area contributed by atoms with Crippen LogP contribution in [0.15, 0.2) is 48.5 Å². The zero-order chi connectivity index (χ0) is 20.7. The number of carbonyl (C=O) groups excluding carboxylic acids is 2. The second kappa shape index (κ2) is 9.26. The van der Waals surface area contributed by atoms with Crippen LogP contribution >= 0.6 is 0 Å². The van der Waals surface area contributed by atoms with E-state index < -0.39 is 23.7 Å². The predicted octanol–water partition coefficient (Wildman–Crippen LogP) is 4.40. The molecule has 2 aromatic carbocycles. The third-order valence-electron chi connectivity index (χ3n) is 3.80. The first kappa shape index (κ1) is 21.3. The number of rotatable bonds is 6. The second-order valence-corrected chi connectivity index (χ2v) is 7.49. The molecule has 0 spiro atoms. The van der Waals surface area contributed by atoms with Gasteiger partial charge in [-0.05, 0) is 57.5 Å². The molecule has 0 bridgehead atoms. The average Bonchev–Trinajstić information content (AvgIpc) is 2.62. The fraction of sp³-hybridized carbons (Fsp3) is 0.364. The zero-order valence-corrected chi connectivity index (χ0v) is 16.9. The van der Waals surface area contributed by atoms with E-state index in [0.29, 0.717) is 5.75 Å². The highest BCUT2D eigenvalue weighted by atomic mass is 16.6. The van der Waals surface area contributed by atoms with Crippen molar-refractivity contribution in [2.75, 3.05) is 7.11 Å². The van der Waals surface area contributed by atoms with Gasteiger partial charge in [0.15, 0.2) is 0 Å². The van der Waals surface area contributed by atoms with Gasteiger partial charge in [0.25, 0.3) is 0 Å². The monoisotopic (exact) mass is 385 g/mol. The van der Waals surface area contributed by atoms with Gasteiger partial charge in [-0.1, -0.05) is 29.8 Å². The smallest absolute Gasteiger partial charge is 0.408 e. The van der Waals surface area contributed by atoms with Gasteiger partial charge >= 0.3 is 12.1 Å². The molecule has 0 aliphatic carbocycles. The number of benzene rings is 2. The van der Waals surface area contributed by atoms with Crippen LogP contribution in [0.1, 0.15) is 31.9 Å². The summed E-state index contributed by atoms with van der Waals surface area (Å²) in [6.07, 6.45) is -0.390. The van der Waals surface area contributed by atoms with E-state index >= 15 is 0 Å². The van der Waals surface area contributed by atoms with Gasteiger partial charge in [0.05, 0.1) is 7.11 Å². The topological polar surface area (TPSA) is 73.9 Å². The number of hydrogen-bond acceptors (Lipinski definition) is 5. The molecule has 1 unspecified atom stereocenters. The molecule has 2 rings (SSSR count). The normalized spacial score (nSPS) is 12.0. The summed E-state index contributed by atoms with van der Waals surface area (Å²) in [5, 5.41) is 2.57. The Hall–Kier alpha value is -3.02. The molecular weight excluding hydrogens is 358 g/mol. The van der Waals surface area contributed by atoms with E-state index in [0.717, 1.165) is 16.9 Å². The summed E-state index contributed by atoms with van der Waals surface area (Å²) in [4.78, 5) is 24.0.